The molecule has 0 spiro atoms. The molecule has 5 heteroatoms. The van der Waals surface area contributed by atoms with E-state index in [0.29, 0.717) is 12.3 Å². The second-order valence-corrected chi connectivity index (χ2v) is 6.99. The van der Waals surface area contributed by atoms with Gasteiger partial charge < -0.3 is 15.0 Å². The fourth-order valence-electron chi connectivity index (χ4n) is 3.17. The number of benzene rings is 3. The molecule has 1 atom stereocenters. The van der Waals surface area contributed by atoms with Crippen molar-refractivity contribution >= 4 is 5.91 Å². The maximum absolute atomic E-state index is 13.6. The highest BCUT2D eigenvalue weighted by atomic mass is 19.1. The van der Waals surface area contributed by atoms with Crippen LogP contribution in [0.4, 0.5) is 4.39 Å². The zero-order valence-electron chi connectivity index (χ0n) is 16.6. The third-order valence-electron chi connectivity index (χ3n) is 4.68. The van der Waals surface area contributed by atoms with Crippen LogP contribution in [0.5, 0.6) is 5.75 Å². The highest BCUT2D eigenvalue weighted by molar-refractivity contribution is 5.78. The van der Waals surface area contributed by atoms with E-state index in [2.05, 4.69) is 5.32 Å². The fraction of sp³-hybridized carbons (Fsp3) is 0.208. The lowest BCUT2D eigenvalue weighted by molar-refractivity contribution is -0.123. The third kappa shape index (κ3) is 5.65. The van der Waals surface area contributed by atoms with Gasteiger partial charge in [-0.05, 0) is 43.4 Å². The van der Waals surface area contributed by atoms with Crippen LogP contribution >= 0.6 is 0 Å². The van der Waals surface area contributed by atoms with Crippen molar-refractivity contribution in [1.82, 2.24) is 10.2 Å². The number of ether oxygens (including phenoxy) is 1. The molecule has 3 aromatic carbocycles. The van der Waals surface area contributed by atoms with Crippen molar-refractivity contribution in [3.8, 4) is 16.9 Å². The second-order valence-electron chi connectivity index (χ2n) is 6.99. The number of hydrogen-bond acceptors (Lipinski definition) is 3. The Morgan fingerprint density at radius 1 is 1.00 bits per heavy atom. The Morgan fingerprint density at radius 2 is 1.72 bits per heavy atom. The van der Waals surface area contributed by atoms with Crippen molar-refractivity contribution in [2.75, 3.05) is 27.2 Å². The van der Waals surface area contributed by atoms with Crippen LogP contribution in [0.25, 0.3) is 11.1 Å². The topological polar surface area (TPSA) is 41.6 Å². The Bertz CT molecular complexity index is 944. The molecular weight excluding hydrogens is 367 g/mol. The van der Waals surface area contributed by atoms with E-state index in [1.807, 2.05) is 79.7 Å². The van der Waals surface area contributed by atoms with Gasteiger partial charge in [0.1, 0.15) is 11.6 Å². The van der Waals surface area contributed by atoms with Crippen LogP contribution in [-0.4, -0.2) is 38.1 Å². The van der Waals surface area contributed by atoms with E-state index in [1.54, 1.807) is 6.07 Å². The Morgan fingerprint density at radius 3 is 2.45 bits per heavy atom. The van der Waals surface area contributed by atoms with E-state index in [-0.39, 0.29) is 24.4 Å². The van der Waals surface area contributed by atoms with Gasteiger partial charge in [-0.2, -0.15) is 0 Å². The number of halogens is 1. The summed E-state index contributed by atoms with van der Waals surface area (Å²) in [7, 11) is 3.79. The molecule has 0 radical (unpaired) electrons. The monoisotopic (exact) mass is 392 g/mol. The first-order valence-electron chi connectivity index (χ1n) is 9.50. The third-order valence-corrected chi connectivity index (χ3v) is 4.68. The number of para-hydroxylation sites is 1. The SMILES string of the molecule is CN(C)C(CNC(=O)COc1ccccc1-c1ccccc1)c1cccc(F)c1. The van der Waals surface area contributed by atoms with Crippen LogP contribution in [-0.2, 0) is 4.79 Å². The maximum Gasteiger partial charge on any atom is 0.258 e. The van der Waals surface area contributed by atoms with Gasteiger partial charge in [0.2, 0.25) is 0 Å². The van der Waals surface area contributed by atoms with Crippen molar-refractivity contribution in [2.45, 2.75) is 6.04 Å². The van der Waals surface area contributed by atoms with E-state index in [1.165, 1.54) is 12.1 Å². The first kappa shape index (κ1) is 20.6. The number of carbonyl (C=O) groups is 1. The summed E-state index contributed by atoms with van der Waals surface area (Å²) < 4.78 is 19.3. The van der Waals surface area contributed by atoms with Crippen molar-refractivity contribution in [3.05, 3.63) is 90.2 Å². The van der Waals surface area contributed by atoms with Gasteiger partial charge >= 0.3 is 0 Å². The lowest BCUT2D eigenvalue weighted by Crippen LogP contribution is -2.37. The number of rotatable bonds is 8. The lowest BCUT2D eigenvalue weighted by Gasteiger charge is -2.25. The Kier molecular flexibility index (Phi) is 6.98. The highest BCUT2D eigenvalue weighted by Gasteiger charge is 2.16. The minimum absolute atomic E-state index is 0.0901. The minimum Gasteiger partial charge on any atom is -0.483 e. The molecule has 0 bridgehead atoms. The van der Waals surface area contributed by atoms with Gasteiger partial charge in [0.25, 0.3) is 5.91 Å². The molecule has 0 aromatic heterocycles. The molecule has 29 heavy (non-hydrogen) atoms. The Labute approximate surface area is 170 Å². The summed E-state index contributed by atoms with van der Waals surface area (Å²) in [6.07, 6.45) is 0. The summed E-state index contributed by atoms with van der Waals surface area (Å²) >= 11 is 0. The summed E-state index contributed by atoms with van der Waals surface area (Å²) in [6.45, 7) is 0.270. The van der Waals surface area contributed by atoms with Crippen molar-refractivity contribution in [2.24, 2.45) is 0 Å². The zero-order valence-corrected chi connectivity index (χ0v) is 16.6. The number of hydrogen-bond donors (Lipinski definition) is 1. The van der Waals surface area contributed by atoms with Crippen LogP contribution in [0.2, 0.25) is 0 Å². The van der Waals surface area contributed by atoms with Crippen molar-refractivity contribution in [1.29, 1.82) is 0 Å². The molecule has 0 heterocycles. The standard InChI is InChI=1S/C24H25FN2O2/c1-27(2)22(19-11-8-12-20(25)15-19)16-26-24(28)17-29-23-14-7-6-13-21(23)18-9-4-3-5-10-18/h3-15,22H,16-17H2,1-2H3,(H,26,28). The van der Waals surface area contributed by atoms with Crippen LogP contribution in [0, 0.1) is 5.82 Å². The predicted molar refractivity (Wildman–Crippen MR) is 113 cm³/mol. The van der Waals surface area contributed by atoms with E-state index in [0.717, 1.165) is 16.7 Å². The quantitative estimate of drug-likeness (QED) is 0.622. The van der Waals surface area contributed by atoms with Gasteiger partial charge in [-0.3, -0.25) is 4.79 Å². The predicted octanol–water partition coefficient (Wildman–Crippen LogP) is 4.29. The molecule has 1 N–H and O–H groups in total. The van der Waals surface area contributed by atoms with Gasteiger partial charge in [-0.15, -0.1) is 0 Å². The van der Waals surface area contributed by atoms with Crippen LogP contribution < -0.4 is 10.1 Å². The number of amides is 1. The average Bonchev–Trinajstić information content (AvgIpc) is 2.73. The molecule has 0 saturated heterocycles. The smallest absolute Gasteiger partial charge is 0.258 e. The molecule has 0 saturated carbocycles. The highest BCUT2D eigenvalue weighted by Crippen LogP contribution is 2.29. The lowest BCUT2D eigenvalue weighted by atomic mass is 10.1. The summed E-state index contributed by atoms with van der Waals surface area (Å²) in [6, 6.07) is 23.8. The number of carbonyl (C=O) groups excluding carboxylic acids is 1. The number of nitrogens with zero attached hydrogens (tertiary/aromatic N) is 1. The molecule has 3 rings (SSSR count). The molecule has 0 fully saturated rings. The molecule has 1 amide bonds. The molecule has 0 aliphatic rings. The first-order chi connectivity index (χ1) is 14.0. The van der Waals surface area contributed by atoms with Gasteiger partial charge in [0, 0.05) is 12.1 Å². The van der Waals surface area contributed by atoms with E-state index in [4.69, 9.17) is 4.74 Å². The Balaban J connectivity index is 1.60. The molecular formula is C24H25FN2O2. The Hall–Kier alpha value is -3.18. The van der Waals surface area contributed by atoms with Gasteiger partial charge in [0.05, 0.1) is 6.04 Å². The summed E-state index contributed by atoms with van der Waals surface area (Å²) in [5, 5.41) is 2.88. The second kappa shape index (κ2) is 9.85. The molecule has 4 nitrogen and oxygen atoms in total. The molecule has 0 aliphatic carbocycles. The summed E-state index contributed by atoms with van der Waals surface area (Å²) in [5.74, 6) is 0.140. The van der Waals surface area contributed by atoms with E-state index in [9.17, 15) is 9.18 Å². The fourth-order valence-corrected chi connectivity index (χ4v) is 3.17. The van der Waals surface area contributed by atoms with E-state index >= 15 is 0 Å². The molecule has 3 aromatic rings. The summed E-state index contributed by atoms with van der Waals surface area (Å²) in [5.41, 5.74) is 2.78. The van der Waals surface area contributed by atoms with E-state index < -0.39 is 0 Å². The van der Waals surface area contributed by atoms with Crippen LogP contribution in [0.3, 0.4) is 0 Å². The van der Waals surface area contributed by atoms with Crippen molar-refractivity contribution < 1.29 is 13.9 Å². The normalized spacial score (nSPS) is 11.9. The maximum atomic E-state index is 13.6. The summed E-state index contributed by atoms with van der Waals surface area (Å²) in [4.78, 5) is 14.3. The number of nitrogens with one attached hydrogen (secondary N) is 1. The van der Waals surface area contributed by atoms with Gasteiger partial charge in [-0.1, -0.05) is 60.7 Å². The van der Waals surface area contributed by atoms with Crippen LogP contribution in [0.1, 0.15) is 11.6 Å². The molecule has 150 valence electrons. The largest absolute Gasteiger partial charge is 0.483 e. The van der Waals surface area contributed by atoms with Crippen molar-refractivity contribution in [3.63, 3.8) is 0 Å². The van der Waals surface area contributed by atoms with Gasteiger partial charge in [0.15, 0.2) is 6.61 Å². The average molecular weight is 392 g/mol. The minimum atomic E-state index is -0.290. The zero-order chi connectivity index (χ0) is 20.6. The molecule has 0 aliphatic heterocycles. The van der Waals surface area contributed by atoms with Gasteiger partial charge in [-0.25, -0.2) is 4.39 Å². The van der Waals surface area contributed by atoms with Crippen LogP contribution in [0.15, 0.2) is 78.9 Å². The molecule has 1 unspecified atom stereocenters. The first-order valence-corrected chi connectivity index (χ1v) is 9.50. The number of likely N-dealkylation sites (N-methyl/N-ethyl adjacent to an activating group) is 1.